The van der Waals surface area contributed by atoms with E-state index < -0.39 is 43.7 Å². The second-order valence-electron chi connectivity index (χ2n) is 8.32. The van der Waals surface area contributed by atoms with E-state index in [2.05, 4.69) is 0 Å². The van der Waals surface area contributed by atoms with Crippen LogP contribution in [0.15, 0.2) is 41.3 Å². The summed E-state index contributed by atoms with van der Waals surface area (Å²) in [6.07, 6.45) is -5.08. The monoisotopic (exact) mass is 533 g/mol. The molecule has 0 aliphatic carbocycles. The Morgan fingerprint density at radius 3 is 2.23 bits per heavy atom. The van der Waals surface area contributed by atoms with Gasteiger partial charge in [0, 0.05) is 43.3 Å². The highest BCUT2D eigenvalue weighted by Crippen LogP contribution is 2.52. The molecular weight excluding hydrogens is 507 g/mol. The molecule has 0 saturated carbocycles. The van der Waals surface area contributed by atoms with E-state index in [4.69, 9.17) is 11.6 Å². The lowest BCUT2D eigenvalue weighted by molar-refractivity contribution is -0.142. The molecule has 0 saturated heterocycles. The standard InChI is InChI=1S/C23H27ClF3N3O4S/c1-5-29(6-2)11-12-30-19-14-15(35(33,34)28(3)4)13-17(23(25,26)27)20(19)22(32,21(30)31)16-9-7-8-10-18(16)24/h7-10,13-14,32H,5-6,11-12H2,1-4H3. The second-order valence-corrected chi connectivity index (χ2v) is 10.9. The summed E-state index contributed by atoms with van der Waals surface area (Å²) in [7, 11) is -1.91. The first kappa shape index (κ1) is 27.4. The summed E-state index contributed by atoms with van der Waals surface area (Å²) in [5.74, 6) is -1.03. The molecule has 1 N–H and O–H groups in total. The van der Waals surface area contributed by atoms with Crippen LogP contribution < -0.4 is 4.90 Å². The van der Waals surface area contributed by atoms with Gasteiger partial charge in [0.05, 0.1) is 16.1 Å². The maximum Gasteiger partial charge on any atom is 0.416 e. The predicted octanol–water partition coefficient (Wildman–Crippen LogP) is 3.53. The highest BCUT2D eigenvalue weighted by atomic mass is 35.5. The van der Waals surface area contributed by atoms with Crippen molar-refractivity contribution in [1.82, 2.24) is 9.21 Å². The van der Waals surface area contributed by atoms with E-state index in [0.717, 1.165) is 15.3 Å². The molecule has 2 aromatic rings. The highest BCUT2D eigenvalue weighted by molar-refractivity contribution is 7.89. The number of halogens is 4. The van der Waals surface area contributed by atoms with Crippen molar-refractivity contribution in [3.63, 3.8) is 0 Å². The molecule has 35 heavy (non-hydrogen) atoms. The number of fused-ring (bicyclic) bond motifs is 1. The smallest absolute Gasteiger partial charge is 0.372 e. The number of nitrogens with zero attached hydrogens (tertiary/aromatic N) is 3. The van der Waals surface area contributed by atoms with Crippen molar-refractivity contribution in [3.05, 3.63) is 58.1 Å². The predicted molar refractivity (Wildman–Crippen MR) is 127 cm³/mol. The van der Waals surface area contributed by atoms with Crippen LogP contribution in [0.5, 0.6) is 0 Å². The minimum Gasteiger partial charge on any atom is -0.372 e. The Kier molecular flexibility index (Phi) is 7.60. The van der Waals surface area contributed by atoms with Gasteiger partial charge < -0.3 is 14.9 Å². The van der Waals surface area contributed by atoms with Gasteiger partial charge in [-0.15, -0.1) is 0 Å². The molecule has 0 aromatic heterocycles. The molecule has 1 atom stereocenters. The number of hydrogen-bond donors (Lipinski definition) is 1. The molecule has 1 heterocycles. The molecule has 7 nitrogen and oxygen atoms in total. The number of amides is 1. The highest BCUT2D eigenvalue weighted by Gasteiger charge is 2.56. The fourth-order valence-corrected chi connectivity index (χ4v) is 5.42. The topological polar surface area (TPSA) is 81.2 Å². The van der Waals surface area contributed by atoms with Crippen molar-refractivity contribution >= 4 is 33.2 Å². The van der Waals surface area contributed by atoms with Gasteiger partial charge in [-0.1, -0.05) is 43.6 Å². The number of carbonyl (C=O) groups excluding carboxylic acids is 1. The Balaban J connectivity index is 2.39. The van der Waals surface area contributed by atoms with Gasteiger partial charge in [-0.25, -0.2) is 12.7 Å². The third-order valence-corrected chi connectivity index (χ3v) is 8.30. The summed E-state index contributed by atoms with van der Waals surface area (Å²) in [6, 6.07) is 7.07. The van der Waals surface area contributed by atoms with Crippen LogP contribution in [-0.4, -0.2) is 68.9 Å². The van der Waals surface area contributed by atoms with Gasteiger partial charge in [0.2, 0.25) is 10.0 Å². The molecule has 3 rings (SSSR count). The maximum absolute atomic E-state index is 14.4. The summed E-state index contributed by atoms with van der Waals surface area (Å²) in [5.41, 5.74) is -5.45. The number of sulfonamides is 1. The van der Waals surface area contributed by atoms with E-state index in [0.29, 0.717) is 25.7 Å². The second kappa shape index (κ2) is 9.70. The molecule has 0 radical (unpaired) electrons. The largest absolute Gasteiger partial charge is 0.416 e. The Morgan fingerprint density at radius 2 is 1.71 bits per heavy atom. The molecular formula is C23H27ClF3N3O4S. The molecule has 12 heteroatoms. The van der Waals surface area contributed by atoms with Gasteiger partial charge in [0.15, 0.2) is 5.60 Å². The zero-order valence-corrected chi connectivity index (χ0v) is 21.3. The Labute approximate surface area is 207 Å². The average molecular weight is 534 g/mol. The number of rotatable bonds is 8. The zero-order chi connectivity index (χ0) is 26.3. The zero-order valence-electron chi connectivity index (χ0n) is 19.7. The Morgan fingerprint density at radius 1 is 1.11 bits per heavy atom. The molecule has 0 fully saturated rings. The molecule has 1 aliphatic rings. The van der Waals surface area contributed by atoms with Crippen LogP contribution in [0.1, 0.15) is 30.5 Å². The lowest BCUT2D eigenvalue weighted by atomic mass is 9.84. The van der Waals surface area contributed by atoms with E-state index in [1.807, 2.05) is 18.7 Å². The summed E-state index contributed by atoms with van der Waals surface area (Å²) >= 11 is 6.24. The van der Waals surface area contributed by atoms with Crippen LogP contribution in [0.3, 0.4) is 0 Å². The minimum absolute atomic E-state index is 0.0664. The van der Waals surface area contributed by atoms with Crippen LogP contribution in [-0.2, 0) is 26.6 Å². The van der Waals surface area contributed by atoms with Crippen LogP contribution in [0.4, 0.5) is 18.9 Å². The van der Waals surface area contributed by atoms with Crippen molar-refractivity contribution < 1.29 is 31.5 Å². The summed E-state index contributed by atoms with van der Waals surface area (Å²) in [5, 5.41) is 11.6. The molecule has 1 unspecified atom stereocenters. The van der Waals surface area contributed by atoms with E-state index in [1.54, 1.807) is 0 Å². The Hall–Kier alpha value is -2.18. The SMILES string of the molecule is CCN(CC)CCN1C(=O)C(O)(c2ccccc2Cl)c2c1cc(S(=O)(=O)N(C)C)cc2C(F)(F)F. The van der Waals surface area contributed by atoms with Crippen LogP contribution in [0.2, 0.25) is 5.02 Å². The van der Waals surface area contributed by atoms with E-state index >= 15 is 0 Å². The van der Waals surface area contributed by atoms with Gasteiger partial charge in [-0.2, -0.15) is 13.2 Å². The number of benzene rings is 2. The first-order valence-electron chi connectivity index (χ1n) is 10.9. The third-order valence-electron chi connectivity index (χ3n) is 6.18. The van der Waals surface area contributed by atoms with Crippen LogP contribution in [0, 0.1) is 0 Å². The van der Waals surface area contributed by atoms with Crippen molar-refractivity contribution in [2.24, 2.45) is 0 Å². The molecule has 192 valence electrons. The first-order chi connectivity index (χ1) is 16.2. The van der Waals surface area contributed by atoms with Crippen molar-refractivity contribution in [2.75, 3.05) is 45.2 Å². The number of carbonyl (C=O) groups is 1. The van der Waals surface area contributed by atoms with Gasteiger partial charge in [-0.05, 0) is 31.3 Å². The summed E-state index contributed by atoms with van der Waals surface area (Å²) in [4.78, 5) is 16.0. The fraction of sp³-hybridized carbons (Fsp3) is 0.435. The average Bonchev–Trinajstić information content (AvgIpc) is 3.00. The van der Waals surface area contributed by atoms with Gasteiger partial charge in [0.1, 0.15) is 0 Å². The number of alkyl halides is 3. The van der Waals surface area contributed by atoms with Crippen LogP contribution >= 0.6 is 11.6 Å². The maximum atomic E-state index is 14.4. The molecule has 1 aliphatic heterocycles. The number of aliphatic hydroxyl groups is 1. The molecule has 2 aromatic carbocycles. The molecule has 0 spiro atoms. The number of likely N-dealkylation sites (N-methyl/N-ethyl adjacent to an activating group) is 1. The van der Waals surface area contributed by atoms with Gasteiger partial charge in [-0.3, -0.25) is 4.79 Å². The Bertz CT molecular complexity index is 1230. The van der Waals surface area contributed by atoms with Crippen molar-refractivity contribution in [1.29, 1.82) is 0 Å². The number of hydrogen-bond acceptors (Lipinski definition) is 5. The minimum atomic E-state index is -5.08. The fourth-order valence-electron chi connectivity index (χ4n) is 4.20. The van der Waals surface area contributed by atoms with Gasteiger partial charge >= 0.3 is 6.18 Å². The first-order valence-corrected chi connectivity index (χ1v) is 12.7. The molecule has 0 bridgehead atoms. The van der Waals surface area contributed by atoms with E-state index in [-0.39, 0.29) is 22.8 Å². The third kappa shape index (κ3) is 4.67. The van der Waals surface area contributed by atoms with E-state index in [1.165, 1.54) is 38.4 Å². The summed E-state index contributed by atoms with van der Waals surface area (Å²) in [6.45, 7) is 5.28. The van der Waals surface area contributed by atoms with E-state index in [9.17, 15) is 31.5 Å². The quantitative estimate of drug-likeness (QED) is 0.561. The van der Waals surface area contributed by atoms with Crippen molar-refractivity contribution in [2.45, 2.75) is 30.5 Å². The van der Waals surface area contributed by atoms with Crippen LogP contribution in [0.25, 0.3) is 0 Å². The lowest BCUT2D eigenvalue weighted by Crippen LogP contribution is -2.44. The number of anilines is 1. The van der Waals surface area contributed by atoms with Crippen molar-refractivity contribution in [3.8, 4) is 0 Å². The molecule has 1 amide bonds. The lowest BCUT2D eigenvalue weighted by Gasteiger charge is -2.27. The normalized spacial score (nSPS) is 18.6. The van der Waals surface area contributed by atoms with Gasteiger partial charge in [0.25, 0.3) is 5.91 Å². The summed E-state index contributed by atoms with van der Waals surface area (Å²) < 4.78 is 69.5.